The molecule has 1 atom stereocenters. The molecule has 0 saturated heterocycles. The monoisotopic (exact) mass is 301 g/mol. The lowest BCUT2D eigenvalue weighted by Crippen LogP contribution is -2.23. The number of hydrogen-bond acceptors (Lipinski definition) is 4. The topological polar surface area (TPSA) is 61.0 Å². The third kappa shape index (κ3) is 3.16. The first-order valence-electron chi connectivity index (χ1n) is 5.65. The van der Waals surface area contributed by atoms with Crippen LogP contribution in [0.3, 0.4) is 0 Å². The zero-order valence-corrected chi connectivity index (χ0v) is 12.6. The number of ether oxygens (including phenoxy) is 1. The van der Waals surface area contributed by atoms with E-state index in [1.807, 2.05) is 6.92 Å². The number of halogens is 1. The van der Waals surface area contributed by atoms with Gasteiger partial charge in [0, 0.05) is 7.11 Å². The Hall–Kier alpha value is -0.680. The van der Waals surface area contributed by atoms with Crippen molar-refractivity contribution in [1.82, 2.24) is 9.97 Å². The predicted octanol–water partition coefficient (Wildman–Crippen LogP) is 3.12. The number of nitrogens with two attached hydrogens (primary N) is 1. The third-order valence-corrected chi connectivity index (χ3v) is 3.42. The molecule has 1 rings (SSSR count). The average molecular weight is 302 g/mol. The molecule has 0 radical (unpaired) electrons. The highest BCUT2D eigenvalue weighted by Crippen LogP contribution is 2.35. The molecule has 1 aromatic rings. The van der Waals surface area contributed by atoms with Crippen LogP contribution in [0.15, 0.2) is 4.47 Å². The smallest absolute Gasteiger partial charge is 0.160 e. The summed E-state index contributed by atoms with van der Waals surface area (Å²) in [6.45, 7) is 8.31. The maximum absolute atomic E-state index is 5.88. The van der Waals surface area contributed by atoms with Gasteiger partial charge in [0.1, 0.15) is 11.9 Å². The fourth-order valence-electron chi connectivity index (χ4n) is 1.73. The van der Waals surface area contributed by atoms with E-state index >= 15 is 0 Å². The Labute approximate surface area is 111 Å². The van der Waals surface area contributed by atoms with Crippen molar-refractivity contribution in [3.8, 4) is 0 Å². The molecule has 1 unspecified atom stereocenters. The second kappa shape index (κ2) is 5.31. The SMILES string of the molecule is CCc1nc(C(OC)C(C)(C)C)nc(N)c1Br. The number of anilines is 1. The van der Waals surface area contributed by atoms with Gasteiger partial charge in [-0.15, -0.1) is 0 Å². The Morgan fingerprint density at radius 1 is 1.35 bits per heavy atom. The molecule has 1 heterocycles. The summed E-state index contributed by atoms with van der Waals surface area (Å²) >= 11 is 3.41. The lowest BCUT2D eigenvalue weighted by molar-refractivity contribution is 0.00860. The van der Waals surface area contributed by atoms with Gasteiger partial charge >= 0.3 is 0 Å². The largest absolute Gasteiger partial charge is 0.383 e. The molecule has 4 nitrogen and oxygen atoms in total. The normalized spacial score (nSPS) is 13.8. The Bertz CT molecular complexity index is 401. The molecule has 0 aliphatic carbocycles. The Morgan fingerprint density at radius 2 is 1.94 bits per heavy atom. The van der Waals surface area contributed by atoms with Gasteiger partial charge in [0.2, 0.25) is 0 Å². The summed E-state index contributed by atoms with van der Waals surface area (Å²) in [7, 11) is 1.67. The lowest BCUT2D eigenvalue weighted by Gasteiger charge is -2.28. The summed E-state index contributed by atoms with van der Waals surface area (Å²) in [5.41, 5.74) is 6.73. The maximum atomic E-state index is 5.88. The Balaban J connectivity index is 3.26. The van der Waals surface area contributed by atoms with Gasteiger partial charge in [0.05, 0.1) is 10.2 Å². The molecule has 0 spiro atoms. The number of hydrogen-bond donors (Lipinski definition) is 1. The molecule has 1 aromatic heterocycles. The minimum atomic E-state index is -0.164. The van der Waals surface area contributed by atoms with Crippen LogP contribution in [0.5, 0.6) is 0 Å². The van der Waals surface area contributed by atoms with Crippen LogP contribution in [0, 0.1) is 5.41 Å². The van der Waals surface area contributed by atoms with E-state index in [1.165, 1.54) is 0 Å². The molecule has 0 aliphatic heterocycles. The van der Waals surface area contributed by atoms with Crippen molar-refractivity contribution < 1.29 is 4.74 Å². The number of nitrogen functional groups attached to an aromatic ring is 1. The summed E-state index contributed by atoms with van der Waals surface area (Å²) < 4.78 is 6.28. The Kier molecular flexibility index (Phi) is 4.49. The fourth-order valence-corrected chi connectivity index (χ4v) is 2.19. The Morgan fingerprint density at radius 3 is 2.35 bits per heavy atom. The second-order valence-electron chi connectivity index (χ2n) is 5.06. The van der Waals surface area contributed by atoms with E-state index in [0.717, 1.165) is 16.6 Å². The van der Waals surface area contributed by atoms with Crippen LogP contribution in [-0.4, -0.2) is 17.1 Å². The summed E-state index contributed by atoms with van der Waals surface area (Å²) in [4.78, 5) is 8.84. The van der Waals surface area contributed by atoms with Gasteiger partial charge in [-0.05, 0) is 27.8 Å². The first-order chi connectivity index (χ1) is 7.81. The van der Waals surface area contributed by atoms with Crippen LogP contribution in [0.25, 0.3) is 0 Å². The molecule has 0 saturated carbocycles. The van der Waals surface area contributed by atoms with Crippen molar-refractivity contribution in [2.45, 2.75) is 40.2 Å². The highest BCUT2D eigenvalue weighted by molar-refractivity contribution is 9.10. The number of aryl methyl sites for hydroxylation is 1. The van der Waals surface area contributed by atoms with Gasteiger partial charge in [-0.3, -0.25) is 0 Å². The van der Waals surface area contributed by atoms with Crippen LogP contribution in [0.1, 0.15) is 45.3 Å². The number of nitrogens with zero attached hydrogens (tertiary/aromatic N) is 2. The van der Waals surface area contributed by atoms with E-state index in [-0.39, 0.29) is 11.5 Å². The number of aromatic nitrogens is 2. The molecule has 2 N–H and O–H groups in total. The summed E-state index contributed by atoms with van der Waals surface area (Å²) in [6.07, 6.45) is 0.643. The van der Waals surface area contributed by atoms with Gasteiger partial charge in [-0.25, -0.2) is 9.97 Å². The van der Waals surface area contributed by atoms with Gasteiger partial charge in [-0.1, -0.05) is 27.7 Å². The minimum Gasteiger partial charge on any atom is -0.383 e. The molecule has 0 aromatic carbocycles. The molecule has 96 valence electrons. The number of rotatable bonds is 3. The van der Waals surface area contributed by atoms with E-state index in [9.17, 15) is 0 Å². The zero-order valence-electron chi connectivity index (χ0n) is 11.0. The van der Waals surface area contributed by atoms with Crippen LogP contribution in [0.2, 0.25) is 0 Å². The molecule has 17 heavy (non-hydrogen) atoms. The molecule has 0 bridgehead atoms. The van der Waals surface area contributed by atoms with Crippen LogP contribution < -0.4 is 5.73 Å². The quantitative estimate of drug-likeness (QED) is 0.932. The van der Waals surface area contributed by atoms with Gasteiger partial charge in [-0.2, -0.15) is 0 Å². The fraction of sp³-hybridized carbons (Fsp3) is 0.667. The van der Waals surface area contributed by atoms with Crippen molar-refractivity contribution in [2.24, 2.45) is 5.41 Å². The minimum absolute atomic E-state index is 0.0694. The second-order valence-corrected chi connectivity index (χ2v) is 5.86. The van der Waals surface area contributed by atoms with E-state index in [0.29, 0.717) is 11.6 Å². The number of methoxy groups -OCH3 is 1. The highest BCUT2D eigenvalue weighted by atomic mass is 79.9. The van der Waals surface area contributed by atoms with Crippen molar-refractivity contribution in [1.29, 1.82) is 0 Å². The molecular weight excluding hydrogens is 282 g/mol. The third-order valence-electron chi connectivity index (χ3n) is 2.55. The average Bonchev–Trinajstić information content (AvgIpc) is 2.21. The lowest BCUT2D eigenvalue weighted by atomic mass is 9.88. The first kappa shape index (κ1) is 14.4. The molecule has 5 heteroatoms. The van der Waals surface area contributed by atoms with E-state index < -0.39 is 0 Å². The van der Waals surface area contributed by atoms with Gasteiger partial charge < -0.3 is 10.5 Å². The van der Waals surface area contributed by atoms with E-state index in [1.54, 1.807) is 7.11 Å². The molecule has 0 amide bonds. The van der Waals surface area contributed by atoms with E-state index in [4.69, 9.17) is 10.5 Å². The van der Waals surface area contributed by atoms with Crippen molar-refractivity contribution in [3.63, 3.8) is 0 Å². The summed E-state index contributed by atoms with van der Waals surface area (Å²) in [5, 5.41) is 0. The standard InChI is InChI=1S/C12H20BrN3O/c1-6-7-8(13)10(14)16-11(15-7)9(17-5)12(2,3)4/h9H,6H2,1-5H3,(H2,14,15,16). The van der Waals surface area contributed by atoms with Crippen LogP contribution >= 0.6 is 15.9 Å². The summed E-state index contributed by atoms with van der Waals surface area (Å²) in [5.74, 6) is 1.12. The molecular formula is C12H20BrN3O. The van der Waals surface area contributed by atoms with Crippen LogP contribution in [-0.2, 0) is 11.2 Å². The summed E-state index contributed by atoms with van der Waals surface area (Å²) in [6, 6.07) is 0. The van der Waals surface area contributed by atoms with Gasteiger partial charge in [0.25, 0.3) is 0 Å². The van der Waals surface area contributed by atoms with Crippen LogP contribution in [0.4, 0.5) is 5.82 Å². The van der Waals surface area contributed by atoms with Crippen molar-refractivity contribution in [2.75, 3.05) is 12.8 Å². The van der Waals surface area contributed by atoms with E-state index in [2.05, 4.69) is 46.7 Å². The van der Waals surface area contributed by atoms with Crippen molar-refractivity contribution >= 4 is 21.7 Å². The molecule has 0 aliphatic rings. The highest BCUT2D eigenvalue weighted by Gasteiger charge is 2.29. The first-order valence-corrected chi connectivity index (χ1v) is 6.45. The predicted molar refractivity (Wildman–Crippen MR) is 72.7 cm³/mol. The van der Waals surface area contributed by atoms with Crippen molar-refractivity contribution in [3.05, 3.63) is 16.0 Å². The maximum Gasteiger partial charge on any atom is 0.160 e. The molecule has 0 fully saturated rings. The van der Waals surface area contributed by atoms with Gasteiger partial charge in [0.15, 0.2) is 5.82 Å². The zero-order chi connectivity index (χ0) is 13.2.